The Morgan fingerprint density at radius 2 is 1.90 bits per heavy atom. The lowest BCUT2D eigenvalue weighted by Crippen LogP contribution is -2.38. The van der Waals surface area contributed by atoms with E-state index in [2.05, 4.69) is 6.58 Å². The third kappa shape index (κ3) is 2.74. The molecule has 5 rings (SSSR count). The zero-order valence-electron chi connectivity index (χ0n) is 18.0. The Kier molecular flexibility index (Phi) is 4.78. The van der Waals surface area contributed by atoms with E-state index in [1.54, 1.807) is 0 Å². The summed E-state index contributed by atoms with van der Waals surface area (Å²) in [6.07, 6.45) is 4.48. The molecular formula is C25H31ClF3N. The van der Waals surface area contributed by atoms with E-state index in [0.29, 0.717) is 36.9 Å². The smallest absolute Gasteiger partial charge is 0.335 e. The lowest BCUT2D eigenvalue weighted by Gasteiger charge is -2.36. The first-order chi connectivity index (χ1) is 14.2. The maximum absolute atomic E-state index is 14.4. The topological polar surface area (TPSA) is 4.93 Å². The maximum atomic E-state index is 14.4. The van der Waals surface area contributed by atoms with Crippen LogP contribution in [0.4, 0.5) is 13.2 Å². The molecule has 3 fully saturated rings. The first-order valence-corrected chi connectivity index (χ1v) is 11.9. The average molecular weight is 438 g/mol. The lowest BCUT2D eigenvalue weighted by atomic mass is 9.71. The minimum absolute atomic E-state index is 0.394. The van der Waals surface area contributed by atoms with E-state index in [1.807, 2.05) is 18.4 Å². The molecule has 3 bridgehead atoms. The summed E-state index contributed by atoms with van der Waals surface area (Å²) in [4.78, 5) is 0. The molecule has 0 radical (unpaired) electrons. The highest BCUT2D eigenvalue weighted by molar-refractivity contribution is 6.31. The number of nitrogens with zero attached hydrogens (tertiary/aromatic N) is 1. The molecule has 4 aliphatic rings. The van der Waals surface area contributed by atoms with E-state index in [1.165, 1.54) is 24.8 Å². The van der Waals surface area contributed by atoms with Crippen LogP contribution in [0.2, 0.25) is 5.15 Å². The Morgan fingerprint density at radius 1 is 1.20 bits per heavy atom. The standard InChI is InChI=1S/C25H31ClF3N/c1-4-30-21(15(3)19(23(30)26)14(2)16-8-6-5-7-9-16)20-18-13-24(11-10-17(18)12-24)22(20)25(27,28)29/h16,20,22H,2,4-13H2,1,3H3. The van der Waals surface area contributed by atoms with Crippen molar-refractivity contribution in [1.82, 2.24) is 4.57 Å². The fraction of sp³-hybridized carbons (Fsp3) is 0.680. The van der Waals surface area contributed by atoms with Crippen molar-refractivity contribution in [3.8, 4) is 0 Å². The average Bonchev–Trinajstić information content (AvgIpc) is 3.41. The van der Waals surface area contributed by atoms with Gasteiger partial charge in [-0.2, -0.15) is 13.2 Å². The number of fused-ring (bicyclic) bond motifs is 2. The van der Waals surface area contributed by atoms with Crippen LogP contribution in [0.25, 0.3) is 5.57 Å². The molecule has 5 heteroatoms. The molecule has 164 valence electrons. The quantitative estimate of drug-likeness (QED) is 0.418. The molecule has 3 saturated carbocycles. The van der Waals surface area contributed by atoms with Gasteiger partial charge in [0.05, 0.1) is 5.92 Å². The fourth-order valence-corrected chi connectivity index (χ4v) is 7.99. The monoisotopic (exact) mass is 437 g/mol. The van der Waals surface area contributed by atoms with E-state index in [4.69, 9.17) is 11.6 Å². The van der Waals surface area contributed by atoms with Gasteiger partial charge in [0.25, 0.3) is 0 Å². The van der Waals surface area contributed by atoms with Gasteiger partial charge in [-0.05, 0) is 74.8 Å². The second kappa shape index (κ2) is 6.92. The molecule has 0 aromatic carbocycles. The molecule has 0 saturated heterocycles. The normalized spacial score (nSPS) is 31.3. The van der Waals surface area contributed by atoms with Gasteiger partial charge in [-0.25, -0.2) is 0 Å². The molecule has 1 heterocycles. The number of allylic oxidation sites excluding steroid dienone is 3. The molecule has 0 amide bonds. The largest absolute Gasteiger partial charge is 0.393 e. The summed E-state index contributed by atoms with van der Waals surface area (Å²) < 4.78 is 45.3. The summed E-state index contributed by atoms with van der Waals surface area (Å²) in [5, 5.41) is 0.597. The molecule has 4 aliphatic carbocycles. The summed E-state index contributed by atoms with van der Waals surface area (Å²) in [6, 6.07) is 0. The highest BCUT2D eigenvalue weighted by atomic mass is 35.5. The van der Waals surface area contributed by atoms with Crippen LogP contribution in [0.5, 0.6) is 0 Å². The summed E-state index contributed by atoms with van der Waals surface area (Å²) in [5.41, 5.74) is 5.49. The molecule has 3 atom stereocenters. The second-order valence-electron chi connectivity index (χ2n) is 10.1. The first kappa shape index (κ1) is 20.7. The molecular weight excluding hydrogens is 407 g/mol. The van der Waals surface area contributed by atoms with Gasteiger partial charge in [-0.3, -0.25) is 0 Å². The van der Waals surface area contributed by atoms with Gasteiger partial charge in [0.1, 0.15) is 5.15 Å². The zero-order valence-corrected chi connectivity index (χ0v) is 18.7. The van der Waals surface area contributed by atoms with E-state index in [-0.39, 0.29) is 0 Å². The summed E-state index contributed by atoms with van der Waals surface area (Å²) in [7, 11) is 0. The molecule has 0 aliphatic heterocycles. The third-order valence-corrected chi connectivity index (χ3v) is 9.12. The van der Waals surface area contributed by atoms with Gasteiger partial charge in [-0.1, -0.05) is 48.6 Å². The molecule has 1 aromatic rings. The number of hydrogen-bond acceptors (Lipinski definition) is 0. The van der Waals surface area contributed by atoms with Gasteiger partial charge in [0.15, 0.2) is 0 Å². The van der Waals surface area contributed by atoms with Crippen LogP contribution < -0.4 is 0 Å². The van der Waals surface area contributed by atoms with Crippen molar-refractivity contribution in [3.63, 3.8) is 0 Å². The van der Waals surface area contributed by atoms with E-state index in [0.717, 1.165) is 47.2 Å². The molecule has 3 unspecified atom stereocenters. The Hall–Kier alpha value is -1.16. The van der Waals surface area contributed by atoms with Crippen LogP contribution in [0.3, 0.4) is 0 Å². The first-order valence-electron chi connectivity index (χ1n) is 11.5. The molecule has 1 spiro atoms. The van der Waals surface area contributed by atoms with Crippen LogP contribution in [0.1, 0.15) is 87.4 Å². The van der Waals surface area contributed by atoms with Gasteiger partial charge < -0.3 is 4.57 Å². The minimum Gasteiger partial charge on any atom is -0.335 e. The number of hydrogen-bond donors (Lipinski definition) is 0. The molecule has 0 N–H and O–H groups in total. The van der Waals surface area contributed by atoms with Crippen LogP contribution in [0.15, 0.2) is 17.7 Å². The van der Waals surface area contributed by atoms with E-state index in [9.17, 15) is 13.2 Å². The Balaban J connectivity index is 1.65. The Labute approximate surface area is 182 Å². The van der Waals surface area contributed by atoms with Crippen molar-refractivity contribution in [2.24, 2.45) is 17.3 Å². The highest BCUT2D eigenvalue weighted by Crippen LogP contribution is 2.73. The summed E-state index contributed by atoms with van der Waals surface area (Å²) in [5.74, 6) is -1.45. The van der Waals surface area contributed by atoms with Crippen molar-refractivity contribution in [1.29, 1.82) is 0 Å². The summed E-state index contributed by atoms with van der Waals surface area (Å²) >= 11 is 6.88. The van der Waals surface area contributed by atoms with Crippen molar-refractivity contribution in [3.05, 3.63) is 39.7 Å². The van der Waals surface area contributed by atoms with Crippen molar-refractivity contribution in [2.75, 3.05) is 0 Å². The van der Waals surface area contributed by atoms with E-state index >= 15 is 0 Å². The number of halogens is 4. The van der Waals surface area contributed by atoms with E-state index < -0.39 is 23.4 Å². The molecule has 1 nitrogen and oxygen atoms in total. The Bertz CT molecular complexity index is 931. The maximum Gasteiger partial charge on any atom is 0.393 e. The van der Waals surface area contributed by atoms with Crippen LogP contribution in [0, 0.1) is 24.2 Å². The fourth-order valence-electron chi connectivity index (χ4n) is 7.51. The second-order valence-corrected chi connectivity index (χ2v) is 10.5. The van der Waals surface area contributed by atoms with Gasteiger partial charge in [0, 0.05) is 23.7 Å². The summed E-state index contributed by atoms with van der Waals surface area (Å²) in [6.45, 7) is 8.97. The predicted molar refractivity (Wildman–Crippen MR) is 116 cm³/mol. The van der Waals surface area contributed by atoms with Crippen molar-refractivity contribution >= 4 is 17.2 Å². The predicted octanol–water partition coefficient (Wildman–Crippen LogP) is 8.21. The number of aromatic nitrogens is 1. The van der Waals surface area contributed by atoms with Crippen LogP contribution >= 0.6 is 11.6 Å². The Morgan fingerprint density at radius 3 is 2.53 bits per heavy atom. The van der Waals surface area contributed by atoms with Gasteiger partial charge in [-0.15, -0.1) is 0 Å². The molecule has 30 heavy (non-hydrogen) atoms. The van der Waals surface area contributed by atoms with Gasteiger partial charge in [0.2, 0.25) is 0 Å². The highest BCUT2D eigenvalue weighted by Gasteiger charge is 2.68. The zero-order chi connectivity index (χ0) is 21.4. The lowest BCUT2D eigenvalue weighted by molar-refractivity contribution is -0.203. The van der Waals surface area contributed by atoms with Crippen molar-refractivity contribution in [2.45, 2.75) is 90.3 Å². The van der Waals surface area contributed by atoms with Crippen LogP contribution in [-0.2, 0) is 6.54 Å². The number of alkyl halides is 3. The van der Waals surface area contributed by atoms with Gasteiger partial charge >= 0.3 is 6.18 Å². The van der Waals surface area contributed by atoms with Crippen LogP contribution in [-0.4, -0.2) is 10.7 Å². The minimum atomic E-state index is -4.19. The van der Waals surface area contributed by atoms with Crippen molar-refractivity contribution < 1.29 is 13.2 Å². The third-order valence-electron chi connectivity index (χ3n) is 8.73. The SMILES string of the molecule is C=C(c1c(C)c(C2C3=C4CCC(C4)(C3)C2C(F)(F)F)n(CC)c1Cl)C1CCCCC1. The number of rotatable bonds is 4. The molecule has 1 aromatic heterocycles.